The maximum atomic E-state index is 10.7. The average Bonchev–Trinajstić information content (AvgIpc) is 3.41. The zero-order valence-electron chi connectivity index (χ0n) is 13.5. The summed E-state index contributed by atoms with van der Waals surface area (Å²) in [6.45, 7) is 0. The molecule has 0 radical (unpaired) electrons. The maximum absolute atomic E-state index is 10.7. The SMILES string of the molecule is OC1C=Cc2c(n[nH]c2C2CC2)Nc2ccnc(n2)-c2ccccc21. The minimum absolute atomic E-state index is 0.526. The van der Waals surface area contributed by atoms with Gasteiger partial charge in [0, 0.05) is 28.9 Å². The molecule has 1 fully saturated rings. The number of nitrogens with zero attached hydrogens (tertiary/aromatic N) is 3. The van der Waals surface area contributed by atoms with Gasteiger partial charge in [-0.2, -0.15) is 5.10 Å². The molecule has 3 N–H and O–H groups in total. The first kappa shape index (κ1) is 14.4. The Morgan fingerprint density at radius 3 is 2.88 bits per heavy atom. The van der Waals surface area contributed by atoms with Crippen molar-refractivity contribution in [3.63, 3.8) is 0 Å². The highest BCUT2D eigenvalue weighted by atomic mass is 16.3. The summed E-state index contributed by atoms with van der Waals surface area (Å²) in [4.78, 5) is 8.98. The monoisotopic (exact) mass is 331 g/mol. The minimum atomic E-state index is -0.739. The molecule has 124 valence electrons. The van der Waals surface area contributed by atoms with Gasteiger partial charge in [-0.05, 0) is 24.5 Å². The van der Waals surface area contributed by atoms with Crippen molar-refractivity contribution in [1.82, 2.24) is 20.2 Å². The smallest absolute Gasteiger partial charge is 0.161 e. The summed E-state index contributed by atoms with van der Waals surface area (Å²) in [6.07, 6.45) is 7.07. The van der Waals surface area contributed by atoms with E-state index in [1.54, 1.807) is 12.3 Å². The van der Waals surface area contributed by atoms with E-state index in [0.717, 1.165) is 28.2 Å². The van der Waals surface area contributed by atoms with E-state index in [0.29, 0.717) is 17.6 Å². The first-order chi connectivity index (χ1) is 12.3. The summed E-state index contributed by atoms with van der Waals surface area (Å²) < 4.78 is 0. The zero-order valence-corrected chi connectivity index (χ0v) is 13.5. The van der Waals surface area contributed by atoms with Crippen LogP contribution in [0.15, 0.2) is 42.6 Å². The van der Waals surface area contributed by atoms with Gasteiger partial charge in [0.15, 0.2) is 11.6 Å². The van der Waals surface area contributed by atoms with Gasteiger partial charge in [-0.1, -0.05) is 36.4 Å². The lowest BCUT2D eigenvalue weighted by Crippen LogP contribution is -2.00. The molecule has 6 heteroatoms. The second kappa shape index (κ2) is 5.53. The van der Waals surface area contributed by atoms with Gasteiger partial charge >= 0.3 is 0 Å². The molecule has 1 unspecified atom stereocenters. The Hall–Kier alpha value is -2.99. The van der Waals surface area contributed by atoms with E-state index < -0.39 is 6.10 Å². The van der Waals surface area contributed by atoms with Gasteiger partial charge in [-0.25, -0.2) is 9.97 Å². The largest absolute Gasteiger partial charge is 0.384 e. The van der Waals surface area contributed by atoms with Crippen LogP contribution in [0.5, 0.6) is 0 Å². The van der Waals surface area contributed by atoms with Gasteiger partial charge in [0.25, 0.3) is 0 Å². The first-order valence-electron chi connectivity index (χ1n) is 8.43. The quantitative estimate of drug-likeness (QED) is 0.635. The van der Waals surface area contributed by atoms with Crippen LogP contribution in [0.25, 0.3) is 17.5 Å². The van der Waals surface area contributed by atoms with E-state index in [2.05, 4.69) is 25.5 Å². The van der Waals surface area contributed by atoms with Crippen LogP contribution in [0, 0.1) is 0 Å². The van der Waals surface area contributed by atoms with Crippen LogP contribution in [0.3, 0.4) is 0 Å². The molecule has 1 aliphatic carbocycles. The van der Waals surface area contributed by atoms with Crippen molar-refractivity contribution < 1.29 is 5.11 Å². The lowest BCUT2D eigenvalue weighted by Gasteiger charge is -2.11. The van der Waals surface area contributed by atoms with Crippen LogP contribution < -0.4 is 5.32 Å². The molecule has 2 aliphatic rings. The van der Waals surface area contributed by atoms with E-state index in [9.17, 15) is 5.11 Å². The molecule has 2 bridgehead atoms. The van der Waals surface area contributed by atoms with Gasteiger partial charge < -0.3 is 10.4 Å². The predicted octanol–water partition coefficient (Wildman–Crippen LogP) is 3.55. The number of rotatable bonds is 1. The second-order valence-corrected chi connectivity index (χ2v) is 6.46. The van der Waals surface area contributed by atoms with Crippen LogP contribution in [0.2, 0.25) is 0 Å². The van der Waals surface area contributed by atoms with Crippen molar-refractivity contribution in [2.45, 2.75) is 24.9 Å². The Morgan fingerprint density at radius 1 is 1.12 bits per heavy atom. The van der Waals surface area contributed by atoms with Gasteiger partial charge in [0.2, 0.25) is 0 Å². The fraction of sp³-hybridized carbons (Fsp3) is 0.211. The Labute approximate surface area is 144 Å². The number of aliphatic hydroxyl groups excluding tert-OH is 1. The average molecular weight is 331 g/mol. The number of hydrogen-bond donors (Lipinski definition) is 3. The molecular weight excluding hydrogens is 314 g/mol. The molecular formula is C19H17N5O. The molecule has 6 nitrogen and oxygen atoms in total. The van der Waals surface area contributed by atoms with E-state index >= 15 is 0 Å². The summed E-state index contributed by atoms with van der Waals surface area (Å²) in [6, 6.07) is 9.49. The van der Waals surface area contributed by atoms with Crippen LogP contribution >= 0.6 is 0 Å². The highest BCUT2D eigenvalue weighted by molar-refractivity contribution is 5.72. The summed E-state index contributed by atoms with van der Waals surface area (Å²) in [5, 5.41) is 21.6. The molecule has 0 saturated heterocycles. The van der Waals surface area contributed by atoms with E-state index in [-0.39, 0.29) is 0 Å². The molecule has 25 heavy (non-hydrogen) atoms. The van der Waals surface area contributed by atoms with E-state index in [1.165, 1.54) is 12.8 Å². The molecule has 5 rings (SSSR count). The van der Waals surface area contributed by atoms with Crippen molar-refractivity contribution in [2.75, 3.05) is 5.32 Å². The Balaban J connectivity index is 1.72. The number of aromatic amines is 1. The summed E-state index contributed by atoms with van der Waals surface area (Å²) in [5.41, 5.74) is 3.72. The molecule has 2 aromatic heterocycles. The van der Waals surface area contributed by atoms with Crippen LogP contribution in [-0.4, -0.2) is 25.3 Å². The van der Waals surface area contributed by atoms with Crippen molar-refractivity contribution in [3.8, 4) is 11.4 Å². The maximum Gasteiger partial charge on any atom is 0.161 e. The Bertz CT molecular complexity index is 973. The summed E-state index contributed by atoms with van der Waals surface area (Å²) in [7, 11) is 0. The fourth-order valence-electron chi connectivity index (χ4n) is 3.24. The fourth-order valence-corrected chi connectivity index (χ4v) is 3.24. The number of benzene rings is 1. The van der Waals surface area contributed by atoms with Crippen molar-refractivity contribution in [2.24, 2.45) is 0 Å². The lowest BCUT2D eigenvalue weighted by atomic mass is 10.0. The highest BCUT2D eigenvalue weighted by Gasteiger charge is 2.29. The molecule has 0 amide bonds. The predicted molar refractivity (Wildman–Crippen MR) is 95.3 cm³/mol. The molecule has 1 saturated carbocycles. The van der Waals surface area contributed by atoms with Gasteiger partial charge in [-0.3, -0.25) is 5.10 Å². The summed E-state index contributed by atoms with van der Waals surface area (Å²) >= 11 is 0. The van der Waals surface area contributed by atoms with Gasteiger partial charge in [0.05, 0.1) is 6.10 Å². The number of aliphatic hydroxyl groups is 1. The van der Waals surface area contributed by atoms with Crippen molar-refractivity contribution >= 4 is 17.7 Å². The highest BCUT2D eigenvalue weighted by Crippen LogP contribution is 2.43. The number of H-pyrrole nitrogens is 1. The van der Waals surface area contributed by atoms with Crippen LogP contribution in [-0.2, 0) is 0 Å². The van der Waals surface area contributed by atoms with Crippen LogP contribution in [0.1, 0.15) is 41.7 Å². The molecule has 1 atom stereocenters. The molecule has 3 heterocycles. The number of hydrogen-bond acceptors (Lipinski definition) is 5. The zero-order chi connectivity index (χ0) is 16.8. The van der Waals surface area contributed by atoms with Crippen molar-refractivity contribution in [1.29, 1.82) is 0 Å². The molecule has 0 spiro atoms. The van der Waals surface area contributed by atoms with Crippen molar-refractivity contribution in [3.05, 3.63) is 59.4 Å². The Kier molecular flexibility index (Phi) is 3.18. The third kappa shape index (κ3) is 2.51. The number of fused-ring (bicyclic) bond motifs is 5. The molecule has 3 aromatic rings. The normalized spacial score (nSPS) is 18.7. The number of aromatic nitrogens is 4. The van der Waals surface area contributed by atoms with E-state index in [1.807, 2.05) is 36.4 Å². The van der Waals surface area contributed by atoms with Gasteiger partial charge in [-0.15, -0.1) is 0 Å². The minimum Gasteiger partial charge on any atom is -0.384 e. The van der Waals surface area contributed by atoms with Gasteiger partial charge in [0.1, 0.15) is 5.82 Å². The van der Waals surface area contributed by atoms with Crippen LogP contribution in [0.4, 0.5) is 11.6 Å². The number of anilines is 2. The number of nitrogens with one attached hydrogen (secondary N) is 2. The first-order valence-corrected chi connectivity index (χ1v) is 8.43. The standard InChI is InChI=1S/C19H17N5O/c25-15-8-7-14-17(11-5-6-11)23-24-19(14)22-16-9-10-20-18(21-16)13-4-2-1-3-12(13)15/h1-4,7-11,15,25H,5-6H2,(H2,20,21,22,23,24). The van der Waals surface area contributed by atoms with E-state index in [4.69, 9.17) is 0 Å². The molecule has 1 aliphatic heterocycles. The molecule has 1 aromatic carbocycles. The lowest BCUT2D eigenvalue weighted by molar-refractivity contribution is 0.230. The Morgan fingerprint density at radius 2 is 2.00 bits per heavy atom. The second-order valence-electron chi connectivity index (χ2n) is 6.46. The topological polar surface area (TPSA) is 86.7 Å². The summed E-state index contributed by atoms with van der Waals surface area (Å²) in [5.74, 6) is 2.51. The third-order valence-electron chi connectivity index (χ3n) is 4.69. The third-order valence-corrected chi connectivity index (χ3v) is 4.69.